The summed E-state index contributed by atoms with van der Waals surface area (Å²) < 4.78 is 0. The first-order valence-corrected chi connectivity index (χ1v) is 6.50. The number of carbonyl (C=O) groups is 4. The second-order valence-electron chi connectivity index (χ2n) is 4.45. The van der Waals surface area contributed by atoms with Crippen molar-refractivity contribution in [3.8, 4) is 0 Å². The Labute approximate surface area is 127 Å². The van der Waals surface area contributed by atoms with Gasteiger partial charge in [0.2, 0.25) is 23.6 Å². The molecule has 1 aromatic rings. The lowest BCUT2D eigenvalue weighted by atomic mass is 10.1. The molecule has 120 valence electrons. The SMILES string of the molecule is NC(=O)CCCCC(N)=O.NC(=O)c1cccc(C(N)=O)c1. The molecule has 0 spiro atoms. The Hall–Kier alpha value is -2.90. The van der Waals surface area contributed by atoms with Gasteiger partial charge in [0.25, 0.3) is 0 Å². The molecule has 0 aliphatic carbocycles. The number of hydrogen-bond acceptors (Lipinski definition) is 4. The van der Waals surface area contributed by atoms with E-state index in [9.17, 15) is 19.2 Å². The van der Waals surface area contributed by atoms with E-state index in [2.05, 4.69) is 0 Å². The summed E-state index contributed by atoms with van der Waals surface area (Å²) in [4.78, 5) is 41.6. The molecule has 0 aliphatic heterocycles. The summed E-state index contributed by atoms with van der Waals surface area (Å²) in [6.45, 7) is 0. The third-order valence-corrected chi connectivity index (χ3v) is 2.53. The van der Waals surface area contributed by atoms with Crippen molar-refractivity contribution < 1.29 is 19.2 Å². The molecule has 0 bridgehead atoms. The predicted molar refractivity (Wildman–Crippen MR) is 80.3 cm³/mol. The van der Waals surface area contributed by atoms with E-state index >= 15 is 0 Å². The molecule has 0 fully saturated rings. The van der Waals surface area contributed by atoms with Crippen molar-refractivity contribution in [3.63, 3.8) is 0 Å². The van der Waals surface area contributed by atoms with Crippen LogP contribution in [0, 0.1) is 0 Å². The lowest BCUT2D eigenvalue weighted by Crippen LogP contribution is -2.14. The van der Waals surface area contributed by atoms with Crippen molar-refractivity contribution in [3.05, 3.63) is 35.4 Å². The van der Waals surface area contributed by atoms with Gasteiger partial charge in [0, 0.05) is 24.0 Å². The van der Waals surface area contributed by atoms with Crippen LogP contribution in [-0.2, 0) is 9.59 Å². The minimum absolute atomic E-state index is 0.284. The number of primary amides is 4. The van der Waals surface area contributed by atoms with Gasteiger partial charge in [0.1, 0.15) is 0 Å². The number of carbonyl (C=O) groups excluding carboxylic acids is 4. The molecule has 0 atom stereocenters. The molecule has 8 heteroatoms. The van der Waals surface area contributed by atoms with E-state index in [1.165, 1.54) is 18.2 Å². The molecular weight excluding hydrogens is 288 g/mol. The molecule has 0 aromatic heterocycles. The van der Waals surface area contributed by atoms with Crippen LogP contribution in [0.3, 0.4) is 0 Å². The van der Waals surface area contributed by atoms with Crippen molar-refractivity contribution in [2.24, 2.45) is 22.9 Å². The Kier molecular flexibility index (Phi) is 8.61. The molecule has 0 saturated heterocycles. The highest BCUT2D eigenvalue weighted by Crippen LogP contribution is 2.03. The van der Waals surface area contributed by atoms with Gasteiger partial charge in [-0.3, -0.25) is 19.2 Å². The number of benzene rings is 1. The molecule has 22 heavy (non-hydrogen) atoms. The maximum absolute atomic E-state index is 10.6. The summed E-state index contributed by atoms with van der Waals surface area (Å²) in [7, 11) is 0. The third kappa shape index (κ3) is 9.08. The van der Waals surface area contributed by atoms with Crippen molar-refractivity contribution in [1.29, 1.82) is 0 Å². The van der Waals surface area contributed by atoms with E-state index in [4.69, 9.17) is 22.9 Å². The topological polar surface area (TPSA) is 172 Å². The standard InChI is InChI=1S/C8H8N2O2.C6H12N2O2/c9-7(11)5-2-1-3-6(4-5)8(10)12;7-5(9)3-1-2-4-6(8)10/h1-4H,(H2,9,11)(H2,10,12);1-4H2,(H2,7,9)(H2,8,10). The summed E-state index contributed by atoms with van der Waals surface area (Å²) in [6, 6.07) is 5.97. The average molecular weight is 308 g/mol. The lowest BCUT2D eigenvalue weighted by Gasteiger charge is -1.97. The van der Waals surface area contributed by atoms with E-state index in [0.29, 0.717) is 25.7 Å². The number of unbranched alkanes of at least 4 members (excludes halogenated alkanes) is 1. The van der Waals surface area contributed by atoms with Gasteiger partial charge in [-0.05, 0) is 31.0 Å². The second kappa shape index (κ2) is 9.92. The highest BCUT2D eigenvalue weighted by molar-refractivity contribution is 5.98. The molecule has 0 radical (unpaired) electrons. The van der Waals surface area contributed by atoms with Crippen LogP contribution in [0.25, 0.3) is 0 Å². The van der Waals surface area contributed by atoms with E-state index in [0.717, 1.165) is 0 Å². The molecule has 1 rings (SSSR count). The van der Waals surface area contributed by atoms with Gasteiger partial charge in [0.05, 0.1) is 0 Å². The Morgan fingerprint density at radius 1 is 0.727 bits per heavy atom. The van der Waals surface area contributed by atoms with Gasteiger partial charge in [-0.2, -0.15) is 0 Å². The average Bonchev–Trinajstić information content (AvgIpc) is 2.44. The normalized spacial score (nSPS) is 9.27. The smallest absolute Gasteiger partial charge is 0.248 e. The van der Waals surface area contributed by atoms with E-state index < -0.39 is 11.8 Å². The monoisotopic (exact) mass is 308 g/mol. The van der Waals surface area contributed by atoms with Crippen LogP contribution < -0.4 is 22.9 Å². The first-order chi connectivity index (χ1) is 10.2. The minimum Gasteiger partial charge on any atom is -0.370 e. The van der Waals surface area contributed by atoms with Gasteiger partial charge in [0.15, 0.2) is 0 Å². The van der Waals surface area contributed by atoms with E-state index in [1.54, 1.807) is 6.07 Å². The minimum atomic E-state index is -0.571. The molecule has 8 N–H and O–H groups in total. The van der Waals surface area contributed by atoms with Crippen LogP contribution in [0.15, 0.2) is 24.3 Å². The first kappa shape index (κ1) is 19.1. The number of rotatable bonds is 7. The van der Waals surface area contributed by atoms with Crippen molar-refractivity contribution in [2.75, 3.05) is 0 Å². The first-order valence-electron chi connectivity index (χ1n) is 6.50. The van der Waals surface area contributed by atoms with Gasteiger partial charge in [-0.1, -0.05) is 6.07 Å². The fraction of sp³-hybridized carbons (Fsp3) is 0.286. The highest BCUT2D eigenvalue weighted by atomic mass is 16.2. The fourth-order valence-corrected chi connectivity index (χ4v) is 1.42. The molecule has 0 unspecified atom stereocenters. The summed E-state index contributed by atoms with van der Waals surface area (Å²) >= 11 is 0. The summed E-state index contributed by atoms with van der Waals surface area (Å²) in [5.41, 5.74) is 20.3. The van der Waals surface area contributed by atoms with Crippen LogP contribution in [0.5, 0.6) is 0 Å². The lowest BCUT2D eigenvalue weighted by molar-refractivity contribution is -0.119. The molecule has 4 amide bonds. The Balaban J connectivity index is 0.000000409. The van der Waals surface area contributed by atoms with E-state index in [1.807, 2.05) is 0 Å². The number of nitrogens with two attached hydrogens (primary N) is 4. The Bertz CT molecular complexity index is 512. The fourth-order valence-electron chi connectivity index (χ4n) is 1.42. The summed E-state index contributed by atoms with van der Waals surface area (Å²) in [6.07, 6.45) is 1.98. The van der Waals surface area contributed by atoms with Crippen LogP contribution in [0.1, 0.15) is 46.4 Å². The molecular formula is C14H20N4O4. The molecule has 8 nitrogen and oxygen atoms in total. The zero-order valence-corrected chi connectivity index (χ0v) is 12.1. The van der Waals surface area contributed by atoms with Gasteiger partial charge in [-0.15, -0.1) is 0 Å². The molecule has 0 aliphatic rings. The Morgan fingerprint density at radius 2 is 1.09 bits per heavy atom. The largest absolute Gasteiger partial charge is 0.370 e. The van der Waals surface area contributed by atoms with Crippen molar-refractivity contribution in [1.82, 2.24) is 0 Å². The number of amides is 4. The quantitative estimate of drug-likeness (QED) is 0.493. The van der Waals surface area contributed by atoms with Gasteiger partial charge in [-0.25, -0.2) is 0 Å². The van der Waals surface area contributed by atoms with Crippen LogP contribution in [0.4, 0.5) is 0 Å². The zero-order chi connectivity index (χ0) is 17.1. The van der Waals surface area contributed by atoms with Crippen LogP contribution >= 0.6 is 0 Å². The maximum atomic E-state index is 10.6. The van der Waals surface area contributed by atoms with Crippen molar-refractivity contribution in [2.45, 2.75) is 25.7 Å². The van der Waals surface area contributed by atoms with Crippen LogP contribution in [0.2, 0.25) is 0 Å². The summed E-state index contributed by atoms with van der Waals surface area (Å²) in [5, 5.41) is 0. The highest BCUT2D eigenvalue weighted by Gasteiger charge is 2.03. The zero-order valence-electron chi connectivity index (χ0n) is 12.1. The predicted octanol–water partition coefficient (Wildman–Crippen LogP) is -0.598. The Morgan fingerprint density at radius 3 is 1.36 bits per heavy atom. The van der Waals surface area contributed by atoms with Gasteiger partial charge < -0.3 is 22.9 Å². The summed E-state index contributed by atoms with van der Waals surface area (Å²) in [5.74, 6) is -1.80. The maximum Gasteiger partial charge on any atom is 0.248 e. The van der Waals surface area contributed by atoms with Gasteiger partial charge >= 0.3 is 0 Å². The van der Waals surface area contributed by atoms with Crippen molar-refractivity contribution >= 4 is 23.6 Å². The van der Waals surface area contributed by atoms with E-state index in [-0.39, 0.29) is 22.9 Å². The number of hydrogen-bond donors (Lipinski definition) is 4. The third-order valence-electron chi connectivity index (χ3n) is 2.53. The second-order valence-corrected chi connectivity index (χ2v) is 4.45. The molecule has 0 heterocycles. The van der Waals surface area contributed by atoms with Crippen LogP contribution in [-0.4, -0.2) is 23.6 Å². The molecule has 1 aromatic carbocycles. The molecule has 0 saturated carbocycles.